The summed E-state index contributed by atoms with van der Waals surface area (Å²) in [6.45, 7) is 1.71. The van der Waals surface area contributed by atoms with Gasteiger partial charge in [-0.1, -0.05) is 0 Å². The summed E-state index contributed by atoms with van der Waals surface area (Å²) < 4.78 is 9.69. The van der Waals surface area contributed by atoms with Crippen molar-refractivity contribution in [3.8, 4) is 0 Å². The van der Waals surface area contributed by atoms with Crippen LogP contribution in [0.1, 0.15) is 25.7 Å². The standard InChI is InChI=1S/C20H28O2P2Se4/c1-27-23(25,19-13-7-5-8-14-19)21-17-11-3-4-12-18-22-24(26,28-2)20-15-9-6-10-16-20/h5-10,13-16H,3-4,11-12,17-18H2,1-2H3. The molecule has 0 heterocycles. The van der Waals surface area contributed by atoms with Crippen LogP contribution in [0.15, 0.2) is 60.7 Å². The first-order valence-corrected chi connectivity index (χ1v) is 25.0. The third-order valence-electron chi connectivity index (χ3n) is 4.19. The van der Waals surface area contributed by atoms with Gasteiger partial charge >= 0.3 is 199 Å². The van der Waals surface area contributed by atoms with Crippen LogP contribution in [0, 0.1) is 0 Å². The number of hydrogen-bond donors (Lipinski definition) is 0. The van der Waals surface area contributed by atoms with Gasteiger partial charge in [0, 0.05) is 0 Å². The van der Waals surface area contributed by atoms with Crippen molar-refractivity contribution in [1.82, 2.24) is 0 Å². The van der Waals surface area contributed by atoms with Gasteiger partial charge in [-0.05, 0) is 0 Å². The summed E-state index contributed by atoms with van der Waals surface area (Å²) >= 11 is 7.74. The van der Waals surface area contributed by atoms with Crippen LogP contribution >= 0.6 is 8.85 Å². The molecule has 0 saturated carbocycles. The normalized spacial score (nSPS) is 15.6. The quantitative estimate of drug-likeness (QED) is 0.176. The molecule has 0 spiro atoms. The van der Waals surface area contributed by atoms with Gasteiger partial charge in [0.15, 0.2) is 0 Å². The molecule has 0 bridgehead atoms. The predicted molar refractivity (Wildman–Crippen MR) is 131 cm³/mol. The molecule has 2 aromatic carbocycles. The van der Waals surface area contributed by atoms with Gasteiger partial charge in [0.1, 0.15) is 0 Å². The zero-order chi connectivity index (χ0) is 20.3. The molecule has 2 unspecified atom stereocenters. The number of rotatable bonds is 13. The van der Waals surface area contributed by atoms with Crippen LogP contribution < -0.4 is 10.6 Å². The summed E-state index contributed by atoms with van der Waals surface area (Å²) in [5, 5.41) is 2.71. The van der Waals surface area contributed by atoms with E-state index in [4.69, 9.17) is 9.05 Å². The Labute approximate surface area is 197 Å². The van der Waals surface area contributed by atoms with Gasteiger partial charge in [-0.3, -0.25) is 0 Å². The monoisotopic (exact) mass is 682 g/mol. The van der Waals surface area contributed by atoms with Crippen molar-refractivity contribution < 1.29 is 9.05 Å². The van der Waals surface area contributed by atoms with E-state index in [0.717, 1.165) is 26.1 Å². The molecule has 8 heteroatoms. The van der Waals surface area contributed by atoms with Gasteiger partial charge in [-0.15, -0.1) is 0 Å². The van der Waals surface area contributed by atoms with Gasteiger partial charge in [0.25, 0.3) is 0 Å². The molecule has 2 aromatic rings. The van der Waals surface area contributed by atoms with Crippen molar-refractivity contribution in [2.75, 3.05) is 13.2 Å². The Balaban J connectivity index is 1.65. The van der Waals surface area contributed by atoms with Crippen LogP contribution in [-0.2, 0) is 9.05 Å². The van der Waals surface area contributed by atoms with Crippen molar-refractivity contribution in [3.05, 3.63) is 60.7 Å². The molecule has 2 rings (SSSR count). The minimum absolute atomic E-state index is 0.464. The summed E-state index contributed by atoms with van der Waals surface area (Å²) in [5.74, 6) is 4.56. The summed E-state index contributed by atoms with van der Waals surface area (Å²) in [5.41, 5.74) is 0. The molecule has 154 valence electrons. The maximum absolute atomic E-state index is 6.36. The van der Waals surface area contributed by atoms with Crippen molar-refractivity contribution in [2.45, 2.75) is 37.3 Å². The van der Waals surface area contributed by atoms with Gasteiger partial charge in [0.05, 0.1) is 0 Å². The van der Waals surface area contributed by atoms with Gasteiger partial charge in [0.2, 0.25) is 0 Å². The molecule has 0 aliphatic carbocycles. The van der Waals surface area contributed by atoms with E-state index in [1.807, 2.05) is 0 Å². The first-order valence-electron chi connectivity index (χ1n) is 9.26. The molecule has 0 aliphatic rings. The number of hydrogen-bond acceptors (Lipinski definition) is 2. The molecule has 2 nitrogen and oxygen atoms in total. The van der Waals surface area contributed by atoms with E-state index in [-0.39, 0.29) is 0 Å². The van der Waals surface area contributed by atoms with Gasteiger partial charge in [-0.25, -0.2) is 0 Å². The Kier molecular flexibility index (Phi) is 12.5. The molecule has 0 aromatic heterocycles. The van der Waals surface area contributed by atoms with E-state index < -0.39 is 8.85 Å². The molecule has 0 N–H and O–H groups in total. The topological polar surface area (TPSA) is 18.5 Å². The Hall–Kier alpha value is 1.30. The zero-order valence-electron chi connectivity index (χ0n) is 16.4. The summed E-state index contributed by atoms with van der Waals surface area (Å²) in [6.07, 6.45) is 4.66. The molecule has 0 saturated heterocycles. The summed E-state index contributed by atoms with van der Waals surface area (Å²) in [6, 6.07) is 21.4. The van der Waals surface area contributed by atoms with Crippen molar-refractivity contribution in [2.24, 2.45) is 0 Å². The SMILES string of the molecule is C[Se]P(=[Se])(OCCCCCCOP(=[Se])([Se]C)c1ccccc1)c1ccccc1. The minimum atomic E-state index is -1.51. The molecular formula is C20H28O2P2Se4. The predicted octanol–water partition coefficient (Wildman–Crippen LogP) is 4.60. The zero-order valence-corrected chi connectivity index (χ0v) is 25.0. The number of benzene rings is 2. The molecular weight excluding hydrogens is 650 g/mol. The molecule has 0 fully saturated rings. The van der Waals surface area contributed by atoms with E-state index in [0.29, 0.717) is 29.0 Å². The van der Waals surface area contributed by atoms with Crippen LogP contribution in [0.4, 0.5) is 0 Å². The number of unbranched alkanes of at least 4 members (excludes halogenated alkanes) is 3. The Bertz CT molecular complexity index is 720. The van der Waals surface area contributed by atoms with E-state index >= 15 is 0 Å². The fourth-order valence-electron chi connectivity index (χ4n) is 2.61. The second-order valence-electron chi connectivity index (χ2n) is 6.11. The van der Waals surface area contributed by atoms with Crippen LogP contribution in [0.25, 0.3) is 0 Å². The van der Waals surface area contributed by atoms with Crippen molar-refractivity contribution >= 4 is 78.7 Å². The Morgan fingerprint density at radius 3 is 1.32 bits per heavy atom. The van der Waals surface area contributed by atoms with Gasteiger partial charge in [-0.2, -0.15) is 0 Å². The van der Waals surface area contributed by atoms with Crippen LogP contribution in [-0.4, -0.2) is 72.4 Å². The third-order valence-corrected chi connectivity index (χ3v) is 31.8. The summed E-state index contributed by atoms with van der Waals surface area (Å²) in [7, 11) is 0. The van der Waals surface area contributed by atoms with Gasteiger partial charge < -0.3 is 0 Å². The van der Waals surface area contributed by atoms with E-state index in [1.54, 1.807) is 0 Å². The Morgan fingerprint density at radius 2 is 1.00 bits per heavy atom. The second kappa shape index (κ2) is 13.7. The third kappa shape index (κ3) is 8.09. The first kappa shape index (κ1) is 25.6. The second-order valence-corrected chi connectivity index (χ2v) is 35.0. The fraction of sp³-hybridized carbons (Fsp3) is 0.400. The summed E-state index contributed by atoms with van der Waals surface area (Å²) in [4.78, 5) is 0. The Morgan fingerprint density at radius 1 is 0.643 bits per heavy atom. The molecule has 0 amide bonds. The molecule has 2 atom stereocenters. The van der Waals surface area contributed by atoms with Crippen molar-refractivity contribution in [1.29, 1.82) is 0 Å². The van der Waals surface area contributed by atoms with Crippen LogP contribution in [0.3, 0.4) is 0 Å². The van der Waals surface area contributed by atoms with Crippen LogP contribution in [0.5, 0.6) is 0 Å². The van der Waals surface area contributed by atoms with Crippen LogP contribution in [0.2, 0.25) is 11.6 Å². The van der Waals surface area contributed by atoms with E-state index in [2.05, 4.69) is 103 Å². The van der Waals surface area contributed by atoms with Crippen molar-refractivity contribution in [3.63, 3.8) is 0 Å². The first-order chi connectivity index (χ1) is 13.5. The molecule has 28 heavy (non-hydrogen) atoms. The fourth-order valence-corrected chi connectivity index (χ4v) is 14.3. The molecule has 0 radical (unpaired) electrons. The average molecular weight is 678 g/mol. The van der Waals surface area contributed by atoms with E-state index in [1.165, 1.54) is 23.5 Å². The van der Waals surface area contributed by atoms with E-state index in [9.17, 15) is 0 Å². The molecule has 0 aliphatic heterocycles. The maximum atomic E-state index is 6.36. The average Bonchev–Trinajstić information content (AvgIpc) is 2.76.